The smallest absolute Gasteiger partial charge is 0.355 e. The summed E-state index contributed by atoms with van der Waals surface area (Å²) in [6.07, 6.45) is 0. The quantitative estimate of drug-likeness (QED) is 0.799. The van der Waals surface area contributed by atoms with Crippen molar-refractivity contribution in [2.24, 2.45) is 0 Å². The lowest BCUT2D eigenvalue weighted by Gasteiger charge is -2.05. The molecule has 2 rings (SSSR count). The van der Waals surface area contributed by atoms with E-state index in [1.165, 1.54) is 0 Å². The predicted octanol–water partition coefficient (Wildman–Crippen LogP) is 2.99. The molecule has 0 bridgehead atoms. The SMILES string of the molecule is CCOC(=O)c1cc2c(Cl)cccc2n1CC#N. The van der Waals surface area contributed by atoms with Crippen LogP contribution in [0.4, 0.5) is 0 Å². The molecular weight excluding hydrogens is 252 g/mol. The Bertz CT molecular complexity index is 640. The van der Waals surface area contributed by atoms with Gasteiger partial charge < -0.3 is 9.30 Å². The van der Waals surface area contributed by atoms with Gasteiger partial charge in [0.15, 0.2) is 0 Å². The van der Waals surface area contributed by atoms with Gasteiger partial charge in [-0.2, -0.15) is 5.26 Å². The van der Waals surface area contributed by atoms with Crippen LogP contribution in [0.5, 0.6) is 0 Å². The first-order valence-corrected chi connectivity index (χ1v) is 5.88. The Hall–Kier alpha value is -1.99. The van der Waals surface area contributed by atoms with E-state index in [0.29, 0.717) is 17.3 Å². The number of carbonyl (C=O) groups is 1. The second-order valence-corrected chi connectivity index (χ2v) is 4.07. The lowest BCUT2D eigenvalue weighted by Crippen LogP contribution is -2.11. The zero-order chi connectivity index (χ0) is 13.1. The van der Waals surface area contributed by atoms with Crippen LogP contribution in [0.15, 0.2) is 24.3 Å². The summed E-state index contributed by atoms with van der Waals surface area (Å²) in [5, 5.41) is 10.1. The number of carbonyl (C=O) groups excluding carboxylic acids is 1. The van der Waals surface area contributed by atoms with Crippen molar-refractivity contribution in [1.82, 2.24) is 4.57 Å². The van der Waals surface area contributed by atoms with E-state index in [2.05, 4.69) is 0 Å². The van der Waals surface area contributed by atoms with Crippen LogP contribution in [-0.2, 0) is 11.3 Å². The Morgan fingerprint density at radius 3 is 3.00 bits per heavy atom. The van der Waals surface area contributed by atoms with Gasteiger partial charge in [0.05, 0.1) is 18.2 Å². The Kier molecular flexibility index (Phi) is 3.54. The standard InChI is InChI=1S/C13H11ClN2O2/c1-2-18-13(17)12-8-9-10(14)4-3-5-11(9)16(12)7-6-15/h3-5,8H,2,7H2,1H3. The molecule has 0 unspecified atom stereocenters. The van der Waals surface area contributed by atoms with Crippen molar-refractivity contribution in [3.8, 4) is 6.07 Å². The number of hydrogen-bond acceptors (Lipinski definition) is 3. The summed E-state index contributed by atoms with van der Waals surface area (Å²) in [5.74, 6) is -0.444. The number of nitriles is 1. The molecule has 0 aliphatic carbocycles. The van der Waals surface area contributed by atoms with Gasteiger partial charge >= 0.3 is 5.97 Å². The molecule has 0 saturated heterocycles. The van der Waals surface area contributed by atoms with Gasteiger partial charge in [-0.15, -0.1) is 0 Å². The van der Waals surface area contributed by atoms with Gasteiger partial charge in [-0.05, 0) is 25.1 Å². The molecule has 0 radical (unpaired) electrons. The highest BCUT2D eigenvalue weighted by Gasteiger charge is 2.17. The molecule has 18 heavy (non-hydrogen) atoms. The molecule has 2 aromatic rings. The molecule has 92 valence electrons. The topological polar surface area (TPSA) is 55.0 Å². The molecule has 5 heteroatoms. The number of aromatic nitrogens is 1. The highest BCUT2D eigenvalue weighted by Crippen LogP contribution is 2.27. The fraction of sp³-hybridized carbons (Fsp3) is 0.231. The normalized spacial score (nSPS) is 10.3. The predicted molar refractivity (Wildman–Crippen MR) is 68.5 cm³/mol. The highest BCUT2D eigenvalue weighted by atomic mass is 35.5. The van der Waals surface area contributed by atoms with Crippen molar-refractivity contribution in [3.05, 3.63) is 35.0 Å². The van der Waals surface area contributed by atoms with Gasteiger partial charge in [0, 0.05) is 10.4 Å². The fourth-order valence-corrected chi connectivity index (χ4v) is 2.09. The van der Waals surface area contributed by atoms with E-state index in [9.17, 15) is 4.79 Å². The maximum absolute atomic E-state index is 11.8. The first-order valence-electron chi connectivity index (χ1n) is 5.50. The van der Waals surface area contributed by atoms with Crippen molar-refractivity contribution in [3.63, 3.8) is 0 Å². The molecule has 0 atom stereocenters. The van der Waals surface area contributed by atoms with Crippen molar-refractivity contribution < 1.29 is 9.53 Å². The van der Waals surface area contributed by atoms with Crippen LogP contribution in [0, 0.1) is 11.3 Å². The van der Waals surface area contributed by atoms with Crippen molar-refractivity contribution >= 4 is 28.5 Å². The minimum absolute atomic E-state index is 0.0813. The van der Waals surface area contributed by atoms with Crippen LogP contribution in [0.25, 0.3) is 10.9 Å². The maximum Gasteiger partial charge on any atom is 0.355 e. The van der Waals surface area contributed by atoms with E-state index in [1.807, 2.05) is 12.1 Å². The summed E-state index contributed by atoms with van der Waals surface area (Å²) in [6.45, 7) is 2.11. The summed E-state index contributed by atoms with van der Waals surface area (Å²) < 4.78 is 6.58. The third-order valence-electron chi connectivity index (χ3n) is 2.61. The van der Waals surface area contributed by atoms with E-state index in [-0.39, 0.29) is 6.54 Å². The molecule has 1 heterocycles. The molecule has 0 saturated carbocycles. The van der Waals surface area contributed by atoms with E-state index in [0.717, 1.165) is 10.9 Å². The highest BCUT2D eigenvalue weighted by molar-refractivity contribution is 6.35. The van der Waals surface area contributed by atoms with E-state index < -0.39 is 5.97 Å². The third-order valence-corrected chi connectivity index (χ3v) is 2.94. The summed E-state index contributed by atoms with van der Waals surface area (Å²) >= 11 is 6.08. The van der Waals surface area contributed by atoms with E-state index in [4.69, 9.17) is 21.6 Å². The summed E-state index contributed by atoms with van der Waals surface area (Å²) in [5.41, 5.74) is 1.11. The molecule has 0 N–H and O–H groups in total. The second kappa shape index (κ2) is 5.11. The largest absolute Gasteiger partial charge is 0.461 e. The Labute approximate surface area is 109 Å². The van der Waals surface area contributed by atoms with Crippen molar-refractivity contribution in [2.75, 3.05) is 6.61 Å². The minimum atomic E-state index is -0.444. The lowest BCUT2D eigenvalue weighted by molar-refractivity contribution is 0.0515. The van der Waals surface area contributed by atoms with Crippen LogP contribution >= 0.6 is 11.6 Å². The number of esters is 1. The molecule has 0 fully saturated rings. The lowest BCUT2D eigenvalue weighted by atomic mass is 10.2. The number of nitrogens with zero attached hydrogens (tertiary/aromatic N) is 2. The van der Waals surface area contributed by atoms with Crippen LogP contribution in [0.1, 0.15) is 17.4 Å². The molecular formula is C13H11ClN2O2. The summed E-state index contributed by atoms with van der Waals surface area (Å²) in [6, 6.07) is 9.04. The summed E-state index contributed by atoms with van der Waals surface area (Å²) in [4.78, 5) is 11.8. The zero-order valence-corrected chi connectivity index (χ0v) is 10.6. The van der Waals surface area contributed by atoms with Crippen molar-refractivity contribution in [2.45, 2.75) is 13.5 Å². The van der Waals surface area contributed by atoms with Gasteiger partial charge in [-0.25, -0.2) is 4.79 Å². The summed E-state index contributed by atoms with van der Waals surface area (Å²) in [7, 11) is 0. The zero-order valence-electron chi connectivity index (χ0n) is 9.81. The van der Waals surface area contributed by atoms with Gasteiger partial charge in [-0.3, -0.25) is 0 Å². The molecule has 0 aliphatic rings. The second-order valence-electron chi connectivity index (χ2n) is 3.67. The van der Waals surface area contributed by atoms with Gasteiger partial charge in [0.25, 0.3) is 0 Å². The number of rotatable bonds is 3. The molecule has 0 amide bonds. The molecule has 0 aliphatic heterocycles. The average Bonchev–Trinajstić information content (AvgIpc) is 2.71. The first kappa shape index (κ1) is 12.5. The monoisotopic (exact) mass is 262 g/mol. The van der Waals surface area contributed by atoms with Gasteiger partial charge in [0.1, 0.15) is 12.2 Å². The maximum atomic E-state index is 11.8. The number of ether oxygens (including phenoxy) is 1. The molecule has 1 aromatic carbocycles. The molecule has 4 nitrogen and oxygen atoms in total. The van der Waals surface area contributed by atoms with E-state index >= 15 is 0 Å². The number of halogens is 1. The van der Waals surface area contributed by atoms with Crippen LogP contribution in [0.2, 0.25) is 5.02 Å². The Balaban J connectivity index is 2.65. The minimum Gasteiger partial charge on any atom is -0.461 e. The van der Waals surface area contributed by atoms with Gasteiger partial charge in [0.2, 0.25) is 0 Å². The van der Waals surface area contributed by atoms with E-state index in [1.54, 1.807) is 29.7 Å². The molecule has 0 spiro atoms. The number of benzene rings is 1. The third kappa shape index (κ3) is 2.05. The van der Waals surface area contributed by atoms with Gasteiger partial charge in [-0.1, -0.05) is 17.7 Å². The Morgan fingerprint density at radius 2 is 2.33 bits per heavy atom. The van der Waals surface area contributed by atoms with Crippen LogP contribution in [-0.4, -0.2) is 17.1 Å². The van der Waals surface area contributed by atoms with Crippen LogP contribution in [0.3, 0.4) is 0 Å². The number of hydrogen-bond donors (Lipinski definition) is 0. The molecule has 1 aromatic heterocycles. The average molecular weight is 263 g/mol. The fourth-order valence-electron chi connectivity index (χ4n) is 1.86. The Morgan fingerprint density at radius 1 is 1.56 bits per heavy atom. The number of fused-ring (bicyclic) bond motifs is 1. The first-order chi connectivity index (χ1) is 8.69. The van der Waals surface area contributed by atoms with Crippen molar-refractivity contribution in [1.29, 1.82) is 5.26 Å². The van der Waals surface area contributed by atoms with Crippen LogP contribution < -0.4 is 0 Å².